The van der Waals surface area contributed by atoms with Crippen molar-refractivity contribution in [1.82, 2.24) is 9.80 Å². The number of hydrogen-bond donors (Lipinski definition) is 0. The zero-order chi connectivity index (χ0) is 7.56. The third kappa shape index (κ3) is 1.56. The van der Waals surface area contributed by atoms with Gasteiger partial charge in [-0.25, -0.2) is 0 Å². The molecule has 0 fully saturated rings. The first-order valence-corrected chi connectivity index (χ1v) is 4.80. The van der Waals surface area contributed by atoms with E-state index in [0.717, 1.165) is 6.54 Å². The highest BCUT2D eigenvalue weighted by atomic mass is 127. The summed E-state index contributed by atoms with van der Waals surface area (Å²) in [7, 11) is 2.10. The molecule has 0 saturated heterocycles. The Hall–Kier alpha value is 0.0700. The Morgan fingerprint density at radius 2 is 2.20 bits per heavy atom. The van der Waals surface area contributed by atoms with Crippen molar-refractivity contribution in [2.75, 3.05) is 13.6 Å². The van der Waals surface area contributed by atoms with Gasteiger partial charge in [0.25, 0.3) is 0 Å². The van der Waals surface area contributed by atoms with Crippen molar-refractivity contribution in [3.63, 3.8) is 0 Å². The van der Waals surface area contributed by atoms with Crippen LogP contribution in [0.3, 0.4) is 0 Å². The van der Waals surface area contributed by atoms with E-state index in [0.29, 0.717) is 4.17 Å². The quantitative estimate of drug-likeness (QED) is 0.420. The normalized spacial score (nSPS) is 24.5. The molecule has 10 heavy (non-hydrogen) atoms. The third-order valence-corrected chi connectivity index (χ3v) is 3.18. The molecule has 1 aliphatic heterocycles. The highest BCUT2D eigenvalue weighted by Gasteiger charge is 2.18. The smallest absolute Gasteiger partial charge is 0.154 e. The van der Waals surface area contributed by atoms with E-state index in [1.807, 2.05) is 0 Å². The summed E-state index contributed by atoms with van der Waals surface area (Å²) in [6, 6.07) is 0. The minimum absolute atomic E-state index is 0.526. The molecule has 0 aromatic rings. The summed E-state index contributed by atoms with van der Waals surface area (Å²) in [5.41, 5.74) is 0. The van der Waals surface area contributed by atoms with Gasteiger partial charge in [0.05, 0.1) is 0 Å². The third-order valence-electron chi connectivity index (χ3n) is 1.58. The molecule has 0 N–H and O–H groups in total. The fraction of sp³-hybridized carbons (Fsp3) is 0.714. The van der Waals surface area contributed by atoms with E-state index in [-0.39, 0.29) is 0 Å². The molecule has 1 unspecified atom stereocenters. The predicted octanol–water partition coefficient (Wildman–Crippen LogP) is 1.83. The molecule has 0 spiro atoms. The van der Waals surface area contributed by atoms with Gasteiger partial charge in [-0.1, -0.05) is 6.92 Å². The number of halogens is 1. The van der Waals surface area contributed by atoms with Crippen LogP contribution in [0, 0.1) is 0 Å². The van der Waals surface area contributed by atoms with Crippen molar-refractivity contribution in [3.05, 3.63) is 12.4 Å². The van der Waals surface area contributed by atoms with Crippen molar-refractivity contribution >= 4 is 22.6 Å². The summed E-state index contributed by atoms with van der Waals surface area (Å²) >= 11 is 2.43. The van der Waals surface area contributed by atoms with Crippen LogP contribution in [0.1, 0.15) is 13.3 Å². The first-order chi connectivity index (χ1) is 4.75. The van der Waals surface area contributed by atoms with Gasteiger partial charge >= 0.3 is 0 Å². The lowest BCUT2D eigenvalue weighted by Crippen LogP contribution is -2.31. The topological polar surface area (TPSA) is 6.48 Å². The zero-order valence-electron chi connectivity index (χ0n) is 6.42. The van der Waals surface area contributed by atoms with E-state index in [2.05, 4.69) is 58.8 Å². The second kappa shape index (κ2) is 3.46. The Morgan fingerprint density at radius 3 is 2.60 bits per heavy atom. The summed E-state index contributed by atoms with van der Waals surface area (Å²) in [5, 5.41) is 0. The molecule has 1 atom stereocenters. The minimum atomic E-state index is 0.526. The molecule has 0 aromatic carbocycles. The summed E-state index contributed by atoms with van der Waals surface area (Å²) in [5.74, 6) is 0. The Balaban J connectivity index is 2.41. The average molecular weight is 252 g/mol. The molecule has 2 nitrogen and oxygen atoms in total. The van der Waals surface area contributed by atoms with Crippen LogP contribution in [-0.4, -0.2) is 27.6 Å². The molecule has 58 valence electrons. The summed E-state index contributed by atoms with van der Waals surface area (Å²) in [6.45, 7) is 3.37. The van der Waals surface area contributed by atoms with Crippen LogP contribution in [0.5, 0.6) is 0 Å². The Kier molecular flexibility index (Phi) is 2.82. The first-order valence-electron chi connectivity index (χ1n) is 3.55. The zero-order valence-corrected chi connectivity index (χ0v) is 8.58. The van der Waals surface area contributed by atoms with Gasteiger partial charge in [0.1, 0.15) is 0 Å². The number of rotatable bonds is 2. The predicted molar refractivity (Wildman–Crippen MR) is 51.7 cm³/mol. The largest absolute Gasteiger partial charge is 0.351 e. The SMILES string of the molecule is CCCN1C=CN(C)C1I. The average Bonchev–Trinajstić information content (AvgIpc) is 2.20. The van der Waals surface area contributed by atoms with Crippen molar-refractivity contribution < 1.29 is 0 Å². The van der Waals surface area contributed by atoms with Crippen LogP contribution in [0.2, 0.25) is 0 Å². The fourth-order valence-corrected chi connectivity index (χ4v) is 1.66. The van der Waals surface area contributed by atoms with E-state index in [4.69, 9.17) is 0 Å². The van der Waals surface area contributed by atoms with E-state index < -0.39 is 0 Å². The van der Waals surface area contributed by atoms with E-state index in [1.165, 1.54) is 6.42 Å². The van der Waals surface area contributed by atoms with Gasteiger partial charge in [-0.3, -0.25) is 0 Å². The van der Waals surface area contributed by atoms with Gasteiger partial charge in [0.15, 0.2) is 4.17 Å². The number of alkyl halides is 1. The molecule has 0 bridgehead atoms. The molecule has 0 aliphatic carbocycles. The maximum absolute atomic E-state index is 2.43. The molecule has 3 heteroatoms. The standard InChI is InChI=1S/C7H13IN2/c1-3-4-10-6-5-9(2)7(10)8/h5-7H,3-4H2,1-2H3. The van der Waals surface area contributed by atoms with Gasteiger partial charge in [0.2, 0.25) is 0 Å². The minimum Gasteiger partial charge on any atom is -0.351 e. The maximum Gasteiger partial charge on any atom is 0.154 e. The Labute approximate surface area is 76.0 Å². The van der Waals surface area contributed by atoms with E-state index in [1.54, 1.807) is 0 Å². The molecular weight excluding hydrogens is 239 g/mol. The van der Waals surface area contributed by atoms with Crippen LogP contribution in [0.4, 0.5) is 0 Å². The monoisotopic (exact) mass is 252 g/mol. The van der Waals surface area contributed by atoms with Crippen molar-refractivity contribution in [2.45, 2.75) is 17.5 Å². The summed E-state index contributed by atoms with van der Waals surface area (Å²) < 4.78 is 0.526. The van der Waals surface area contributed by atoms with Gasteiger partial charge in [-0.05, 0) is 29.0 Å². The van der Waals surface area contributed by atoms with Crippen LogP contribution in [0.25, 0.3) is 0 Å². The molecule has 0 aromatic heterocycles. The number of nitrogens with zero attached hydrogens (tertiary/aromatic N) is 2. The Bertz CT molecular complexity index is 136. The lowest BCUT2D eigenvalue weighted by atomic mass is 10.4. The van der Waals surface area contributed by atoms with Crippen molar-refractivity contribution in [2.24, 2.45) is 0 Å². The van der Waals surface area contributed by atoms with Crippen molar-refractivity contribution in [1.29, 1.82) is 0 Å². The molecule has 0 amide bonds. The molecule has 1 rings (SSSR count). The van der Waals surface area contributed by atoms with Crippen LogP contribution >= 0.6 is 22.6 Å². The van der Waals surface area contributed by atoms with Crippen LogP contribution < -0.4 is 0 Å². The summed E-state index contributed by atoms with van der Waals surface area (Å²) in [6.07, 6.45) is 5.49. The van der Waals surface area contributed by atoms with E-state index >= 15 is 0 Å². The highest BCUT2D eigenvalue weighted by molar-refractivity contribution is 14.1. The second-order valence-corrected chi connectivity index (χ2v) is 3.63. The van der Waals surface area contributed by atoms with Gasteiger partial charge in [0, 0.05) is 26.0 Å². The molecule has 1 aliphatic rings. The van der Waals surface area contributed by atoms with Crippen LogP contribution in [-0.2, 0) is 0 Å². The number of hydrogen-bond acceptors (Lipinski definition) is 2. The second-order valence-electron chi connectivity index (χ2n) is 2.51. The maximum atomic E-state index is 2.43. The van der Waals surface area contributed by atoms with Crippen LogP contribution in [0.15, 0.2) is 12.4 Å². The molecule has 1 heterocycles. The van der Waals surface area contributed by atoms with Crippen molar-refractivity contribution in [3.8, 4) is 0 Å². The Morgan fingerprint density at radius 1 is 1.50 bits per heavy atom. The molecular formula is C7H13IN2. The molecule has 0 radical (unpaired) electrons. The lowest BCUT2D eigenvalue weighted by Gasteiger charge is -2.24. The first kappa shape index (κ1) is 8.17. The van der Waals surface area contributed by atoms with E-state index in [9.17, 15) is 0 Å². The van der Waals surface area contributed by atoms with Gasteiger partial charge < -0.3 is 9.80 Å². The molecule has 0 saturated carbocycles. The van der Waals surface area contributed by atoms with Gasteiger partial charge in [-0.2, -0.15) is 0 Å². The lowest BCUT2D eigenvalue weighted by molar-refractivity contribution is 0.278. The van der Waals surface area contributed by atoms with Gasteiger partial charge in [-0.15, -0.1) is 0 Å². The fourth-order valence-electron chi connectivity index (χ4n) is 1.01. The highest BCUT2D eigenvalue weighted by Crippen LogP contribution is 2.19. The summed E-state index contributed by atoms with van der Waals surface area (Å²) in [4.78, 5) is 4.54.